The van der Waals surface area contributed by atoms with E-state index < -0.39 is 13.9 Å². The molecule has 3 heterocycles. The summed E-state index contributed by atoms with van der Waals surface area (Å²) in [7, 11) is 3.19. The fraction of sp³-hybridized carbons (Fsp3) is 0.362. The van der Waals surface area contributed by atoms with Crippen LogP contribution in [0.5, 0.6) is 11.5 Å². The number of aryl methyl sites for hydroxylation is 12. The third-order valence-corrected chi connectivity index (χ3v) is 24.8. The molecule has 1 fully saturated rings. The Morgan fingerprint density at radius 3 is 0.945 bits per heavy atom. The van der Waals surface area contributed by atoms with Crippen LogP contribution >= 0.6 is 0 Å². The Bertz CT molecular complexity index is 6090. The maximum Gasteiger partial charge on any atom is 0.127 e. The molecule has 2 aromatic heterocycles. The summed E-state index contributed by atoms with van der Waals surface area (Å²) in [6.45, 7) is 62.3. The molecule has 1 saturated heterocycles. The molecule has 1 N–H and O–H groups in total. The second-order valence-corrected chi connectivity index (χ2v) is 46.5. The molecule has 0 atom stereocenters. The predicted octanol–water partition coefficient (Wildman–Crippen LogP) is 32.2. The van der Waals surface area contributed by atoms with Crippen molar-refractivity contribution in [3.63, 3.8) is 0 Å². The molecule has 1 aliphatic heterocycles. The number of hydrogen-bond acceptors (Lipinski definition) is 5. The molecule has 7 nitrogen and oxygen atoms in total. The molecule has 0 spiro atoms. The number of rotatable bonds is 23. The summed E-state index contributed by atoms with van der Waals surface area (Å²) in [5.74, 6) is 0.300. The molecule has 0 amide bonds. The van der Waals surface area contributed by atoms with E-state index in [4.69, 9.17) is 18.9 Å². The number of nitrogens with zero attached hydrogens (tertiary/aromatic N) is 2. The van der Waals surface area contributed by atoms with Crippen LogP contribution in [0.2, 0.25) is 19.6 Å². The van der Waals surface area contributed by atoms with Crippen molar-refractivity contribution in [2.24, 2.45) is 10.8 Å². The van der Waals surface area contributed by atoms with Crippen LogP contribution in [-0.4, -0.2) is 48.7 Å². The fourth-order valence-corrected chi connectivity index (χ4v) is 20.9. The van der Waals surface area contributed by atoms with Gasteiger partial charge in [-0.3, -0.25) is 0 Å². The van der Waals surface area contributed by atoms with E-state index in [1.807, 2.05) is 0 Å². The maximum atomic E-state index is 16.5. The van der Waals surface area contributed by atoms with Crippen LogP contribution in [0.3, 0.4) is 0 Å². The van der Waals surface area contributed by atoms with Crippen LogP contribution in [-0.2, 0) is 59.4 Å². The van der Waals surface area contributed by atoms with E-state index in [1.165, 1.54) is 114 Å². The average molecular weight is 1750 g/mol. The summed E-state index contributed by atoms with van der Waals surface area (Å²) in [5, 5.41) is 16.7. The first-order chi connectivity index (χ1) is 59.4. The van der Waals surface area contributed by atoms with Crippen molar-refractivity contribution in [1.29, 1.82) is 0 Å². The standard InChI is InChI=1S/C108H117F2N2O4.C4H8O.C4H11Si.Sc/c1-63-41-67(5)101(68(6)42-63)75-27-33-83-84-34-28-76(102-69(7)43-64(2)44-70(102)8)50-94(84)111(93(83)49-75)97-55-79(107(19,20)61-105(13,14)15)53-87(91(97)59-113)89-57-81(109)31-37-99(89)115-39-25-24-26-40-116-100-38-32-82(110)58-90(100)88-54-80(108(21,22)62-106(16,17)18)56-98(92(88)60-114-23)112-95-51-77(103-71(9)45-65(3)46-72(103)10)29-35-85(95)86-36-30-78(52-96(86)112)104-73(11)47-66(4)48-74(104)12;1-2-4-5-3-1;1-5(2,3)4;/h27-38,41-58,113H,23-26,39-40,59-62H2,1-22H3;1-4H2;1H2,2-4H3;/q-1;;-1;. The summed E-state index contributed by atoms with van der Waals surface area (Å²) in [4.78, 5) is 0. The Hall–Kier alpha value is -9.33. The number of ether oxygens (including phenoxy) is 4. The summed E-state index contributed by atoms with van der Waals surface area (Å²) in [6, 6.07) is 64.4. The van der Waals surface area contributed by atoms with E-state index >= 15 is 8.78 Å². The summed E-state index contributed by atoms with van der Waals surface area (Å²) in [6.07, 6.45) is 6.33. The normalized spacial score (nSPS) is 12.7. The van der Waals surface area contributed by atoms with Gasteiger partial charge in [-0.25, -0.2) is 15.9 Å². The van der Waals surface area contributed by atoms with Crippen molar-refractivity contribution in [1.82, 2.24) is 9.13 Å². The molecule has 1 radical (unpaired) electrons. The van der Waals surface area contributed by atoms with Gasteiger partial charge >= 0.3 is 0 Å². The van der Waals surface area contributed by atoms with Gasteiger partial charge in [0.1, 0.15) is 23.1 Å². The maximum absolute atomic E-state index is 16.5. The minimum atomic E-state index is -0.861. The molecule has 0 saturated carbocycles. The quantitative estimate of drug-likeness (QED) is 0.0393. The van der Waals surface area contributed by atoms with Gasteiger partial charge in [-0.15, -0.1) is 8.07 Å². The number of aromatic nitrogens is 2. The molecule has 0 unspecified atom stereocenters. The molecular weight excluding hydrogens is 1610 g/mol. The van der Waals surface area contributed by atoms with E-state index in [9.17, 15) is 5.11 Å². The monoisotopic (exact) mass is 1750 g/mol. The van der Waals surface area contributed by atoms with Crippen molar-refractivity contribution >= 4 is 51.7 Å². The Morgan fingerprint density at radius 2 is 0.677 bits per heavy atom. The fourth-order valence-electron chi connectivity index (χ4n) is 20.9. The number of unbranched alkanes of at least 4 members (excludes halogenated alkanes) is 2. The summed E-state index contributed by atoms with van der Waals surface area (Å²) in [5.41, 5.74) is 35.3. The van der Waals surface area contributed by atoms with Crippen LogP contribution in [0.25, 0.3) is 122 Å². The number of hydrogen-bond donors (Lipinski definition) is 1. The molecule has 15 rings (SSSR count). The van der Waals surface area contributed by atoms with Crippen LogP contribution in [0.1, 0.15) is 203 Å². The van der Waals surface area contributed by atoms with Crippen molar-refractivity contribution in [3.05, 3.63) is 296 Å². The number of benzene rings is 12. The molecule has 0 aliphatic carbocycles. The molecule has 14 aromatic rings. The van der Waals surface area contributed by atoms with Gasteiger partial charge in [0.2, 0.25) is 0 Å². The van der Waals surface area contributed by atoms with Crippen molar-refractivity contribution < 1.29 is 58.7 Å². The Kier molecular flexibility index (Phi) is 29.8. The molecule has 11 heteroatoms. The third kappa shape index (κ3) is 21.9. The Balaban J connectivity index is 0.00000125. The van der Waals surface area contributed by atoms with Crippen LogP contribution in [0.15, 0.2) is 182 Å². The second kappa shape index (κ2) is 39.2. The van der Waals surface area contributed by atoms with E-state index in [0.29, 0.717) is 59.8 Å². The first-order valence-corrected chi connectivity index (χ1v) is 49.2. The number of fused-ring (bicyclic) bond motifs is 6. The number of aliphatic hydroxyl groups is 1. The number of halogens is 2. The summed E-state index contributed by atoms with van der Waals surface area (Å²) < 4.78 is 62.7. The molecule has 127 heavy (non-hydrogen) atoms. The topological polar surface area (TPSA) is 67.0 Å². The van der Waals surface area contributed by atoms with E-state index in [-0.39, 0.29) is 66.5 Å². The van der Waals surface area contributed by atoms with Crippen LogP contribution in [0, 0.1) is 119 Å². The van der Waals surface area contributed by atoms with Gasteiger partial charge in [0.15, 0.2) is 0 Å². The smallest absolute Gasteiger partial charge is 0.127 e. The van der Waals surface area contributed by atoms with E-state index in [1.54, 1.807) is 24.3 Å². The molecule has 12 aromatic carbocycles. The zero-order valence-corrected chi connectivity index (χ0v) is 83.5. The van der Waals surface area contributed by atoms with Crippen molar-refractivity contribution in [2.75, 3.05) is 26.4 Å². The van der Waals surface area contributed by atoms with E-state index in [2.05, 4.69) is 340 Å². The van der Waals surface area contributed by atoms with Crippen LogP contribution < -0.4 is 9.47 Å². The van der Waals surface area contributed by atoms with Gasteiger partial charge in [0.05, 0.1) is 53.3 Å². The van der Waals surface area contributed by atoms with Gasteiger partial charge in [0, 0.05) is 89.5 Å². The van der Waals surface area contributed by atoms with E-state index in [0.717, 1.165) is 132 Å². The largest absolute Gasteiger partial charge is 0.552 e. The van der Waals surface area contributed by atoms with Crippen molar-refractivity contribution in [3.8, 4) is 89.6 Å². The summed E-state index contributed by atoms with van der Waals surface area (Å²) >= 11 is 0. The molecule has 1 aliphatic rings. The first kappa shape index (κ1) is 96.7. The SMILES string of the molecule is C1CCOC1.[CH2-]OCc1c(-c2cc(F)ccc2OCCCCCOc2ccc(F)cc2-c2cc(C(C)(C)CC(C)(C)C)cc(-n3c4cc(-c5c(C)cc(C)cc5C)ccc4c4ccc(-c5c(C)cc(C)cc5C)cc43)c2CO)cc(C(C)(C)CC(C)(C)C)cc1-n1c2cc(-c3c(C)cc(C)cc3C)ccc2c2ccc(-c3c(C)cc(C)cc3C)cc21.[CH2-][Si](C)(C)C.[Sc]. The second-order valence-electron chi connectivity index (χ2n) is 41.4. The van der Waals surface area contributed by atoms with Gasteiger partial charge in [-0.05, 0) is 346 Å². The van der Waals surface area contributed by atoms with Gasteiger partial charge in [-0.1, -0.05) is 208 Å². The first-order valence-electron chi connectivity index (χ1n) is 45.5. The zero-order valence-electron chi connectivity index (χ0n) is 80.7. The third-order valence-electron chi connectivity index (χ3n) is 24.8. The van der Waals surface area contributed by atoms with Gasteiger partial charge in [-0.2, -0.15) is 0 Å². The Morgan fingerprint density at radius 1 is 0.386 bits per heavy atom. The minimum Gasteiger partial charge on any atom is -0.552 e. The molecular formula is C116H136F2N2O5ScSi-2. The van der Waals surface area contributed by atoms with Gasteiger partial charge < -0.3 is 39.7 Å². The molecule has 663 valence electrons. The van der Waals surface area contributed by atoms with Gasteiger partial charge in [0.25, 0.3) is 0 Å². The minimum absolute atomic E-state index is 0. The van der Waals surface area contributed by atoms with Crippen LogP contribution in [0.4, 0.5) is 8.78 Å². The molecule has 0 bridgehead atoms. The Labute approximate surface area is 777 Å². The zero-order chi connectivity index (χ0) is 91.1. The number of aliphatic hydroxyl groups excluding tert-OH is 1. The predicted molar refractivity (Wildman–Crippen MR) is 535 cm³/mol. The average Bonchev–Trinajstić information content (AvgIpc) is 1.59. The van der Waals surface area contributed by atoms with Crippen molar-refractivity contribution in [2.45, 2.75) is 241 Å².